The first-order valence-electron chi connectivity index (χ1n) is 9.06. The molecule has 1 aromatic heterocycles. The third-order valence-electron chi connectivity index (χ3n) is 4.40. The minimum Gasteiger partial charge on any atom is -0.466 e. The van der Waals surface area contributed by atoms with Crippen LogP contribution in [0, 0.1) is 6.92 Å². The average Bonchev–Trinajstić information content (AvgIpc) is 2.68. The maximum atomic E-state index is 13.0. The molecule has 0 aliphatic carbocycles. The van der Waals surface area contributed by atoms with E-state index in [4.69, 9.17) is 16.3 Å². The molecule has 3 rings (SSSR count). The second kappa shape index (κ2) is 8.85. The van der Waals surface area contributed by atoms with Crippen molar-refractivity contribution in [1.82, 2.24) is 10.3 Å². The van der Waals surface area contributed by atoms with Gasteiger partial charge < -0.3 is 10.1 Å². The van der Waals surface area contributed by atoms with Crippen molar-refractivity contribution >= 4 is 34.4 Å². The third-order valence-corrected chi connectivity index (χ3v) is 4.63. The summed E-state index contributed by atoms with van der Waals surface area (Å²) in [4.78, 5) is 29.5. The van der Waals surface area contributed by atoms with Crippen LogP contribution in [0.5, 0.6) is 0 Å². The Hall–Kier alpha value is -2.92. The van der Waals surface area contributed by atoms with Gasteiger partial charge in [-0.2, -0.15) is 0 Å². The number of halogens is 1. The molecule has 6 heteroatoms. The van der Waals surface area contributed by atoms with E-state index in [1.807, 2.05) is 36.4 Å². The largest absolute Gasteiger partial charge is 0.466 e. The SMILES string of the molecule is CCOC(=O)CC(NC(=O)c1cc2cc(Cl)ccc2nc1C)c1ccccc1. The van der Waals surface area contributed by atoms with E-state index in [-0.39, 0.29) is 18.3 Å². The smallest absolute Gasteiger partial charge is 0.308 e. The summed E-state index contributed by atoms with van der Waals surface area (Å²) < 4.78 is 5.06. The third kappa shape index (κ3) is 4.67. The topological polar surface area (TPSA) is 68.3 Å². The number of nitrogens with zero attached hydrogens (tertiary/aromatic N) is 1. The van der Waals surface area contributed by atoms with Crippen molar-refractivity contribution in [2.75, 3.05) is 6.61 Å². The van der Waals surface area contributed by atoms with Gasteiger partial charge in [-0.25, -0.2) is 0 Å². The van der Waals surface area contributed by atoms with Gasteiger partial charge in [0.2, 0.25) is 0 Å². The molecule has 1 N–H and O–H groups in total. The number of nitrogens with one attached hydrogen (secondary N) is 1. The molecular formula is C22H21ClN2O3. The number of hydrogen-bond donors (Lipinski definition) is 1. The Morgan fingerprint density at radius 3 is 2.61 bits per heavy atom. The van der Waals surface area contributed by atoms with Crippen LogP contribution < -0.4 is 5.32 Å². The molecule has 0 bridgehead atoms. The van der Waals surface area contributed by atoms with E-state index in [9.17, 15) is 9.59 Å². The Morgan fingerprint density at radius 2 is 1.89 bits per heavy atom. The van der Waals surface area contributed by atoms with Gasteiger partial charge in [0, 0.05) is 10.4 Å². The lowest BCUT2D eigenvalue weighted by atomic mass is 10.0. The predicted molar refractivity (Wildman–Crippen MR) is 109 cm³/mol. The first-order chi connectivity index (χ1) is 13.5. The number of rotatable bonds is 6. The average molecular weight is 397 g/mol. The molecule has 1 amide bonds. The van der Waals surface area contributed by atoms with Gasteiger partial charge in [-0.05, 0) is 43.7 Å². The zero-order valence-electron chi connectivity index (χ0n) is 15.7. The predicted octanol–water partition coefficient (Wildman–Crippen LogP) is 4.62. The van der Waals surface area contributed by atoms with Crippen molar-refractivity contribution in [1.29, 1.82) is 0 Å². The molecule has 0 aliphatic heterocycles. The molecule has 0 saturated heterocycles. The van der Waals surface area contributed by atoms with Gasteiger partial charge in [-0.3, -0.25) is 14.6 Å². The van der Waals surface area contributed by atoms with Crippen molar-refractivity contribution in [3.63, 3.8) is 0 Å². The monoisotopic (exact) mass is 396 g/mol. The number of hydrogen-bond acceptors (Lipinski definition) is 4. The van der Waals surface area contributed by atoms with Gasteiger partial charge in [0.1, 0.15) is 0 Å². The molecule has 5 nitrogen and oxygen atoms in total. The number of carbonyl (C=O) groups is 2. The molecule has 3 aromatic rings. The van der Waals surface area contributed by atoms with Crippen molar-refractivity contribution in [3.05, 3.63) is 76.4 Å². The number of amides is 1. The highest BCUT2D eigenvalue weighted by Crippen LogP contribution is 2.23. The fourth-order valence-corrected chi connectivity index (χ4v) is 3.21. The van der Waals surface area contributed by atoms with Crippen molar-refractivity contribution in [2.24, 2.45) is 0 Å². The number of aromatic nitrogens is 1. The summed E-state index contributed by atoms with van der Waals surface area (Å²) in [6.45, 7) is 3.83. The highest BCUT2D eigenvalue weighted by molar-refractivity contribution is 6.31. The molecule has 28 heavy (non-hydrogen) atoms. The quantitative estimate of drug-likeness (QED) is 0.617. The van der Waals surface area contributed by atoms with Crippen LogP contribution in [0.2, 0.25) is 5.02 Å². The van der Waals surface area contributed by atoms with Crippen LogP contribution in [0.3, 0.4) is 0 Å². The fraction of sp³-hybridized carbons (Fsp3) is 0.227. The van der Waals surface area contributed by atoms with Crippen LogP contribution in [0.15, 0.2) is 54.6 Å². The van der Waals surface area contributed by atoms with Gasteiger partial charge >= 0.3 is 5.97 Å². The Morgan fingerprint density at radius 1 is 1.14 bits per heavy atom. The normalized spacial score (nSPS) is 11.8. The maximum absolute atomic E-state index is 13.0. The highest BCUT2D eigenvalue weighted by atomic mass is 35.5. The summed E-state index contributed by atoms with van der Waals surface area (Å²) in [5, 5.41) is 4.31. The van der Waals surface area contributed by atoms with E-state index >= 15 is 0 Å². The van der Waals surface area contributed by atoms with Crippen LogP contribution >= 0.6 is 11.6 Å². The van der Waals surface area contributed by atoms with Crippen LogP contribution in [-0.2, 0) is 9.53 Å². The van der Waals surface area contributed by atoms with Crippen molar-refractivity contribution in [2.45, 2.75) is 26.3 Å². The number of fused-ring (bicyclic) bond motifs is 1. The second-order valence-electron chi connectivity index (χ2n) is 6.40. The molecule has 0 aliphatic rings. The number of pyridine rings is 1. The van der Waals surface area contributed by atoms with Gasteiger partial charge in [0.15, 0.2) is 0 Å². The molecule has 1 heterocycles. The molecule has 1 unspecified atom stereocenters. The first kappa shape index (κ1) is 19.8. The van der Waals surface area contributed by atoms with Gasteiger partial charge in [0.25, 0.3) is 5.91 Å². The molecule has 144 valence electrons. The summed E-state index contributed by atoms with van der Waals surface area (Å²) >= 11 is 6.06. The van der Waals surface area contributed by atoms with E-state index in [1.165, 1.54) is 0 Å². The van der Waals surface area contributed by atoms with Crippen LogP contribution in [0.25, 0.3) is 10.9 Å². The number of aryl methyl sites for hydroxylation is 1. The van der Waals surface area contributed by atoms with Crippen LogP contribution in [0.1, 0.15) is 41.0 Å². The summed E-state index contributed by atoms with van der Waals surface area (Å²) in [7, 11) is 0. The summed E-state index contributed by atoms with van der Waals surface area (Å²) in [6.07, 6.45) is 0.0511. The van der Waals surface area contributed by atoms with E-state index in [1.54, 1.807) is 32.0 Å². The Labute approximate surface area is 168 Å². The highest BCUT2D eigenvalue weighted by Gasteiger charge is 2.21. The van der Waals surface area contributed by atoms with Crippen LogP contribution in [0.4, 0.5) is 0 Å². The number of esters is 1. The van der Waals surface area contributed by atoms with E-state index in [0.29, 0.717) is 22.9 Å². The van der Waals surface area contributed by atoms with E-state index in [0.717, 1.165) is 16.5 Å². The molecule has 0 spiro atoms. The zero-order chi connectivity index (χ0) is 20.1. The number of ether oxygens (including phenoxy) is 1. The molecule has 0 fully saturated rings. The summed E-state index contributed by atoms with van der Waals surface area (Å²) in [6, 6.07) is 16.0. The summed E-state index contributed by atoms with van der Waals surface area (Å²) in [5.74, 6) is -0.665. The van der Waals surface area contributed by atoms with Crippen molar-refractivity contribution < 1.29 is 14.3 Å². The molecule has 0 radical (unpaired) electrons. The van der Waals surface area contributed by atoms with E-state index < -0.39 is 6.04 Å². The lowest BCUT2D eigenvalue weighted by Crippen LogP contribution is -2.31. The number of benzene rings is 2. The van der Waals surface area contributed by atoms with Gasteiger partial charge in [-0.15, -0.1) is 0 Å². The lowest BCUT2D eigenvalue weighted by molar-refractivity contribution is -0.143. The Bertz CT molecular complexity index is 1010. The number of carbonyl (C=O) groups excluding carboxylic acids is 2. The maximum Gasteiger partial charge on any atom is 0.308 e. The van der Waals surface area contributed by atoms with Crippen LogP contribution in [-0.4, -0.2) is 23.5 Å². The van der Waals surface area contributed by atoms with Gasteiger partial charge in [-0.1, -0.05) is 41.9 Å². The lowest BCUT2D eigenvalue weighted by Gasteiger charge is -2.19. The van der Waals surface area contributed by atoms with Crippen molar-refractivity contribution in [3.8, 4) is 0 Å². The van der Waals surface area contributed by atoms with E-state index in [2.05, 4.69) is 10.3 Å². The molecule has 0 saturated carbocycles. The zero-order valence-corrected chi connectivity index (χ0v) is 16.5. The molecular weight excluding hydrogens is 376 g/mol. The molecule has 1 atom stereocenters. The Kier molecular flexibility index (Phi) is 6.26. The fourth-order valence-electron chi connectivity index (χ4n) is 3.03. The summed E-state index contributed by atoms with van der Waals surface area (Å²) in [5.41, 5.74) is 2.65. The second-order valence-corrected chi connectivity index (χ2v) is 6.84. The minimum absolute atomic E-state index is 0.0511. The Balaban J connectivity index is 1.90. The molecule has 2 aromatic carbocycles. The van der Waals surface area contributed by atoms with Gasteiger partial charge in [0.05, 0.1) is 35.8 Å². The minimum atomic E-state index is -0.498. The standard InChI is InChI=1S/C22H21ClN2O3/c1-3-28-21(26)13-20(15-7-5-4-6-8-15)25-22(27)18-12-16-11-17(23)9-10-19(16)24-14(18)2/h4-12,20H,3,13H2,1-2H3,(H,25,27). The first-order valence-corrected chi connectivity index (χ1v) is 9.44.